The van der Waals surface area contributed by atoms with Crippen LogP contribution in [0.4, 0.5) is 11.8 Å². The number of hydrogen-bond acceptors (Lipinski definition) is 7. The zero-order chi connectivity index (χ0) is 14.7. The number of nitrogens with two attached hydrogens (primary N) is 1. The molecule has 0 spiro atoms. The van der Waals surface area contributed by atoms with Gasteiger partial charge < -0.3 is 15.6 Å². The topological polar surface area (TPSA) is 118 Å². The van der Waals surface area contributed by atoms with Gasteiger partial charge in [0, 0.05) is 6.04 Å². The molecule has 2 rings (SSSR count). The summed E-state index contributed by atoms with van der Waals surface area (Å²) in [6.45, 7) is 6.03. The van der Waals surface area contributed by atoms with E-state index in [-0.39, 0.29) is 23.5 Å². The summed E-state index contributed by atoms with van der Waals surface area (Å²) in [6, 6.07) is 2.05. The number of nitrogens with zero attached hydrogens (tertiary/aromatic N) is 6. The zero-order valence-electron chi connectivity index (χ0n) is 11.6. The summed E-state index contributed by atoms with van der Waals surface area (Å²) in [6.07, 6.45) is 3.08. The van der Waals surface area contributed by atoms with Crippen molar-refractivity contribution in [2.45, 2.75) is 32.9 Å². The Morgan fingerprint density at radius 1 is 1.40 bits per heavy atom. The monoisotopic (exact) mass is 272 g/mol. The number of nitriles is 1. The van der Waals surface area contributed by atoms with Gasteiger partial charge in [-0.25, -0.2) is 4.98 Å². The molecule has 2 aromatic heterocycles. The maximum atomic E-state index is 8.79. The molecular formula is C12H16N8. The first-order chi connectivity index (χ1) is 9.52. The molecule has 0 bridgehead atoms. The molecule has 104 valence electrons. The third kappa shape index (κ3) is 2.66. The molecule has 0 radical (unpaired) electrons. The van der Waals surface area contributed by atoms with E-state index in [1.807, 2.05) is 17.6 Å². The fourth-order valence-electron chi connectivity index (χ4n) is 1.77. The average molecular weight is 272 g/mol. The van der Waals surface area contributed by atoms with Crippen molar-refractivity contribution in [3.05, 3.63) is 23.9 Å². The van der Waals surface area contributed by atoms with Crippen molar-refractivity contribution in [3.8, 4) is 6.07 Å². The van der Waals surface area contributed by atoms with Gasteiger partial charge in [0.15, 0.2) is 5.82 Å². The molecule has 0 unspecified atom stereocenters. The number of nitrogens with one attached hydrogen (secondary N) is 1. The largest absolute Gasteiger partial charge is 0.382 e. The predicted molar refractivity (Wildman–Crippen MR) is 73.6 cm³/mol. The summed E-state index contributed by atoms with van der Waals surface area (Å²) < 4.78 is 1.96. The Balaban J connectivity index is 2.19. The smallest absolute Gasteiger partial charge is 0.225 e. The maximum absolute atomic E-state index is 8.79. The highest BCUT2D eigenvalue weighted by molar-refractivity contribution is 5.49. The lowest BCUT2D eigenvalue weighted by molar-refractivity contribution is 0.551. The summed E-state index contributed by atoms with van der Waals surface area (Å²) in [7, 11) is 0. The van der Waals surface area contributed by atoms with Gasteiger partial charge >= 0.3 is 0 Å². The van der Waals surface area contributed by atoms with Gasteiger partial charge in [0.05, 0.1) is 12.2 Å². The van der Waals surface area contributed by atoms with E-state index in [1.54, 1.807) is 6.33 Å². The van der Waals surface area contributed by atoms with Crippen LogP contribution in [-0.4, -0.2) is 24.7 Å². The van der Waals surface area contributed by atoms with E-state index < -0.39 is 0 Å². The first-order valence-electron chi connectivity index (χ1n) is 6.21. The number of aromatic nitrogens is 5. The molecule has 0 aliphatic carbocycles. The van der Waals surface area contributed by atoms with E-state index in [0.29, 0.717) is 5.95 Å². The van der Waals surface area contributed by atoms with E-state index in [2.05, 4.69) is 39.3 Å². The quantitative estimate of drug-likeness (QED) is 0.860. The minimum atomic E-state index is -0.132. The Morgan fingerprint density at radius 2 is 2.15 bits per heavy atom. The van der Waals surface area contributed by atoms with Gasteiger partial charge in [0.1, 0.15) is 23.8 Å². The van der Waals surface area contributed by atoms with E-state index in [0.717, 1.165) is 5.82 Å². The number of hydrogen-bond donors (Lipinski definition) is 2. The molecule has 20 heavy (non-hydrogen) atoms. The second-order valence-corrected chi connectivity index (χ2v) is 4.66. The van der Waals surface area contributed by atoms with Gasteiger partial charge in [-0.05, 0) is 20.8 Å². The Bertz CT molecular complexity index is 639. The summed E-state index contributed by atoms with van der Waals surface area (Å²) >= 11 is 0. The number of rotatable bonds is 4. The van der Waals surface area contributed by atoms with E-state index in [1.165, 1.54) is 6.20 Å². The first-order valence-corrected chi connectivity index (χ1v) is 6.21. The zero-order valence-corrected chi connectivity index (χ0v) is 11.6. The van der Waals surface area contributed by atoms with Gasteiger partial charge in [-0.1, -0.05) is 0 Å². The summed E-state index contributed by atoms with van der Waals surface area (Å²) in [5, 5.41) is 19.9. The van der Waals surface area contributed by atoms with Gasteiger partial charge in [0.25, 0.3) is 0 Å². The van der Waals surface area contributed by atoms with Crippen molar-refractivity contribution >= 4 is 11.8 Å². The third-order valence-corrected chi connectivity index (χ3v) is 2.83. The molecule has 0 saturated carbocycles. The Labute approximate surface area is 116 Å². The third-order valence-electron chi connectivity index (χ3n) is 2.83. The highest BCUT2D eigenvalue weighted by Crippen LogP contribution is 2.18. The fourth-order valence-corrected chi connectivity index (χ4v) is 1.77. The first kappa shape index (κ1) is 13.7. The van der Waals surface area contributed by atoms with Crippen molar-refractivity contribution in [2.75, 3.05) is 11.1 Å². The second-order valence-electron chi connectivity index (χ2n) is 4.66. The van der Waals surface area contributed by atoms with E-state index in [4.69, 9.17) is 11.0 Å². The standard InChI is InChI=1S/C12H16N8/c1-7(2)20-6-16-19-11(20)8(3)17-12-15-5-9(4-13)10(14)18-12/h5-8H,1-3H3,(H3,14,15,17,18)/t8-/m0/s1. The van der Waals surface area contributed by atoms with Crippen molar-refractivity contribution in [2.24, 2.45) is 0 Å². The number of anilines is 2. The van der Waals surface area contributed by atoms with Crippen molar-refractivity contribution < 1.29 is 0 Å². The molecule has 0 amide bonds. The molecule has 0 aromatic carbocycles. The van der Waals surface area contributed by atoms with Crippen molar-refractivity contribution in [3.63, 3.8) is 0 Å². The summed E-state index contributed by atoms with van der Waals surface area (Å²) in [5.74, 6) is 1.29. The molecule has 2 heterocycles. The normalized spacial score (nSPS) is 12.2. The fraction of sp³-hybridized carbons (Fsp3) is 0.417. The average Bonchev–Trinajstić information content (AvgIpc) is 2.88. The van der Waals surface area contributed by atoms with Crippen LogP contribution in [-0.2, 0) is 0 Å². The second kappa shape index (κ2) is 5.52. The summed E-state index contributed by atoms with van der Waals surface area (Å²) in [4.78, 5) is 8.10. The van der Waals surface area contributed by atoms with Crippen LogP contribution in [0.1, 0.15) is 44.2 Å². The van der Waals surface area contributed by atoms with E-state index >= 15 is 0 Å². The van der Waals surface area contributed by atoms with Crippen molar-refractivity contribution in [1.29, 1.82) is 5.26 Å². The molecule has 0 fully saturated rings. The van der Waals surface area contributed by atoms with Crippen LogP contribution in [0.2, 0.25) is 0 Å². The highest BCUT2D eigenvalue weighted by atomic mass is 15.3. The SMILES string of the molecule is CC(C)n1cnnc1[C@H](C)Nc1ncc(C#N)c(N)n1. The van der Waals surface area contributed by atoms with Crippen LogP contribution in [0.3, 0.4) is 0 Å². The Kier molecular flexibility index (Phi) is 3.79. The van der Waals surface area contributed by atoms with Gasteiger partial charge in [-0.3, -0.25) is 0 Å². The molecular weight excluding hydrogens is 256 g/mol. The molecule has 8 heteroatoms. The lowest BCUT2D eigenvalue weighted by Crippen LogP contribution is -2.16. The molecule has 0 aliphatic rings. The molecule has 0 saturated heterocycles. The summed E-state index contributed by atoms with van der Waals surface area (Å²) in [5.41, 5.74) is 5.92. The minimum absolute atomic E-state index is 0.132. The van der Waals surface area contributed by atoms with Crippen LogP contribution >= 0.6 is 0 Å². The van der Waals surface area contributed by atoms with Crippen LogP contribution in [0.5, 0.6) is 0 Å². The Hall–Kier alpha value is -2.69. The van der Waals surface area contributed by atoms with Crippen LogP contribution < -0.4 is 11.1 Å². The molecule has 2 aromatic rings. The van der Waals surface area contributed by atoms with E-state index in [9.17, 15) is 0 Å². The van der Waals surface area contributed by atoms with Gasteiger partial charge in [-0.2, -0.15) is 10.2 Å². The Morgan fingerprint density at radius 3 is 2.75 bits per heavy atom. The highest BCUT2D eigenvalue weighted by Gasteiger charge is 2.16. The van der Waals surface area contributed by atoms with Crippen molar-refractivity contribution in [1.82, 2.24) is 24.7 Å². The van der Waals surface area contributed by atoms with Crippen LogP contribution in [0, 0.1) is 11.3 Å². The molecule has 0 aliphatic heterocycles. The van der Waals surface area contributed by atoms with Gasteiger partial charge in [0.2, 0.25) is 5.95 Å². The van der Waals surface area contributed by atoms with Gasteiger partial charge in [-0.15, -0.1) is 10.2 Å². The minimum Gasteiger partial charge on any atom is -0.382 e. The predicted octanol–water partition coefficient (Wildman–Crippen LogP) is 1.28. The number of nitrogen functional groups attached to an aromatic ring is 1. The lowest BCUT2D eigenvalue weighted by atomic mass is 10.3. The molecule has 1 atom stereocenters. The maximum Gasteiger partial charge on any atom is 0.225 e. The lowest BCUT2D eigenvalue weighted by Gasteiger charge is -2.16. The van der Waals surface area contributed by atoms with Crippen LogP contribution in [0.15, 0.2) is 12.5 Å². The molecule has 3 N–H and O–H groups in total. The molecule has 8 nitrogen and oxygen atoms in total. The van der Waals surface area contributed by atoms with Crippen LogP contribution in [0.25, 0.3) is 0 Å².